The van der Waals surface area contributed by atoms with Crippen LogP contribution >= 0.6 is 0 Å². The molecule has 3 N–H and O–H groups in total. The SMILES string of the molecule is O=C(N[C@H]1CC[C@@H]2C(c3ccc(OC(F)(F)F)cc3)NC[C@H]12)[C@@H]1C[C@@H](F)CN1. The lowest BCUT2D eigenvalue weighted by molar-refractivity contribution is -0.274. The summed E-state index contributed by atoms with van der Waals surface area (Å²) in [6.07, 6.45) is -3.71. The first-order valence-corrected chi connectivity index (χ1v) is 9.57. The number of benzene rings is 1. The van der Waals surface area contributed by atoms with E-state index in [2.05, 4.69) is 20.7 Å². The van der Waals surface area contributed by atoms with Crippen molar-refractivity contribution in [3.63, 3.8) is 0 Å². The number of alkyl halides is 4. The van der Waals surface area contributed by atoms with Gasteiger partial charge in [0.05, 0.1) is 6.04 Å². The van der Waals surface area contributed by atoms with Crippen molar-refractivity contribution in [1.82, 2.24) is 16.0 Å². The molecule has 2 aliphatic heterocycles. The molecule has 1 saturated carbocycles. The second kappa shape index (κ2) is 7.51. The first-order valence-electron chi connectivity index (χ1n) is 9.57. The van der Waals surface area contributed by atoms with Crippen LogP contribution in [0.25, 0.3) is 0 Å². The Morgan fingerprint density at radius 3 is 2.46 bits per heavy atom. The Bertz CT molecular complexity index is 712. The predicted molar refractivity (Wildman–Crippen MR) is 93.3 cm³/mol. The van der Waals surface area contributed by atoms with E-state index in [1.165, 1.54) is 12.1 Å². The minimum atomic E-state index is -4.70. The molecule has 0 aromatic heterocycles. The van der Waals surface area contributed by atoms with Crippen LogP contribution in [0.2, 0.25) is 0 Å². The average molecular weight is 401 g/mol. The van der Waals surface area contributed by atoms with Crippen LogP contribution in [-0.4, -0.2) is 43.6 Å². The molecule has 0 spiro atoms. The van der Waals surface area contributed by atoms with Gasteiger partial charge in [0.25, 0.3) is 0 Å². The highest BCUT2D eigenvalue weighted by Gasteiger charge is 2.46. The van der Waals surface area contributed by atoms with Crippen molar-refractivity contribution in [1.29, 1.82) is 0 Å². The maximum Gasteiger partial charge on any atom is 0.573 e. The average Bonchev–Trinajstić information content (AvgIpc) is 3.32. The first-order chi connectivity index (χ1) is 13.3. The monoisotopic (exact) mass is 401 g/mol. The van der Waals surface area contributed by atoms with Gasteiger partial charge in [0.2, 0.25) is 5.91 Å². The molecule has 9 heteroatoms. The molecule has 1 aliphatic carbocycles. The maximum atomic E-state index is 13.3. The third-order valence-electron chi connectivity index (χ3n) is 6.07. The number of fused-ring (bicyclic) bond motifs is 1. The van der Waals surface area contributed by atoms with Gasteiger partial charge in [-0.25, -0.2) is 4.39 Å². The molecule has 5 nitrogen and oxygen atoms in total. The van der Waals surface area contributed by atoms with E-state index < -0.39 is 18.6 Å². The molecular weight excluding hydrogens is 378 g/mol. The Morgan fingerprint density at radius 1 is 1.07 bits per heavy atom. The lowest BCUT2D eigenvalue weighted by atomic mass is 9.88. The number of amides is 1. The number of hydrogen-bond acceptors (Lipinski definition) is 4. The standard InChI is InChI=1S/C19H23F4N3O2/c20-11-7-16(24-8-11)18(27)26-15-6-5-13-14(15)9-25-17(13)10-1-3-12(4-2-10)28-19(21,22)23/h1-4,11,13-17,24-25H,5-9H2,(H,26,27)/t11-,13+,14+,15+,16+,17?/m1/s1. The van der Waals surface area contributed by atoms with Gasteiger partial charge in [-0.15, -0.1) is 13.2 Å². The fourth-order valence-corrected chi connectivity index (χ4v) is 4.82. The van der Waals surface area contributed by atoms with Gasteiger partial charge in [-0.3, -0.25) is 4.79 Å². The number of rotatable bonds is 4. The van der Waals surface area contributed by atoms with Crippen LogP contribution in [0.15, 0.2) is 24.3 Å². The number of carbonyl (C=O) groups is 1. The van der Waals surface area contributed by atoms with Crippen LogP contribution in [0.1, 0.15) is 30.9 Å². The minimum absolute atomic E-state index is 0.0308. The van der Waals surface area contributed by atoms with Crippen LogP contribution in [0, 0.1) is 11.8 Å². The summed E-state index contributed by atoms with van der Waals surface area (Å²) in [5.74, 6) is 0.160. The van der Waals surface area contributed by atoms with Crippen LogP contribution in [0.4, 0.5) is 17.6 Å². The molecule has 1 aromatic rings. The van der Waals surface area contributed by atoms with Crippen molar-refractivity contribution in [2.45, 2.75) is 49.9 Å². The molecule has 1 amide bonds. The summed E-state index contributed by atoms with van der Waals surface area (Å²) in [5, 5.41) is 9.40. The predicted octanol–water partition coefficient (Wildman–Crippen LogP) is 2.44. The van der Waals surface area contributed by atoms with Gasteiger partial charge in [-0.1, -0.05) is 12.1 Å². The highest BCUT2D eigenvalue weighted by molar-refractivity contribution is 5.82. The summed E-state index contributed by atoms with van der Waals surface area (Å²) in [6, 6.07) is 5.54. The van der Waals surface area contributed by atoms with Crippen molar-refractivity contribution >= 4 is 5.91 Å². The lowest BCUT2D eigenvalue weighted by Crippen LogP contribution is -2.47. The minimum Gasteiger partial charge on any atom is -0.406 e. The van der Waals surface area contributed by atoms with E-state index in [-0.39, 0.29) is 42.6 Å². The summed E-state index contributed by atoms with van der Waals surface area (Å²) in [4.78, 5) is 12.4. The molecule has 0 bridgehead atoms. The maximum absolute atomic E-state index is 13.3. The molecular formula is C19H23F4N3O2. The van der Waals surface area contributed by atoms with Crippen molar-refractivity contribution in [2.24, 2.45) is 11.8 Å². The summed E-state index contributed by atoms with van der Waals surface area (Å²) >= 11 is 0. The van der Waals surface area contributed by atoms with Gasteiger partial charge in [-0.05, 0) is 42.4 Å². The molecule has 6 atom stereocenters. The fourth-order valence-electron chi connectivity index (χ4n) is 4.82. The van der Waals surface area contributed by atoms with E-state index in [0.29, 0.717) is 5.92 Å². The number of ether oxygens (including phenoxy) is 1. The van der Waals surface area contributed by atoms with E-state index in [9.17, 15) is 22.4 Å². The topological polar surface area (TPSA) is 62.4 Å². The molecule has 0 radical (unpaired) electrons. The lowest BCUT2D eigenvalue weighted by Gasteiger charge is -2.22. The summed E-state index contributed by atoms with van der Waals surface area (Å²) in [5.41, 5.74) is 0.909. The fraction of sp³-hybridized carbons (Fsp3) is 0.632. The molecule has 28 heavy (non-hydrogen) atoms. The summed E-state index contributed by atoms with van der Waals surface area (Å²) in [7, 11) is 0. The van der Waals surface area contributed by atoms with E-state index >= 15 is 0 Å². The van der Waals surface area contributed by atoms with Crippen molar-refractivity contribution in [3.8, 4) is 5.75 Å². The normalized spacial score (nSPS) is 35.0. The van der Waals surface area contributed by atoms with Gasteiger partial charge in [0.1, 0.15) is 11.9 Å². The Kier molecular flexibility index (Phi) is 5.22. The zero-order chi connectivity index (χ0) is 19.9. The van der Waals surface area contributed by atoms with E-state index in [1.54, 1.807) is 12.1 Å². The third kappa shape index (κ3) is 4.10. The van der Waals surface area contributed by atoms with Gasteiger partial charge in [0.15, 0.2) is 0 Å². The molecule has 2 heterocycles. The van der Waals surface area contributed by atoms with E-state index in [1.807, 2.05) is 0 Å². The van der Waals surface area contributed by atoms with Crippen LogP contribution in [-0.2, 0) is 4.79 Å². The van der Waals surface area contributed by atoms with Gasteiger partial charge in [0, 0.05) is 31.6 Å². The molecule has 3 fully saturated rings. The van der Waals surface area contributed by atoms with E-state index in [4.69, 9.17) is 0 Å². The Labute approximate surface area is 160 Å². The second-order valence-electron chi connectivity index (χ2n) is 7.82. The van der Waals surface area contributed by atoms with Gasteiger partial charge < -0.3 is 20.7 Å². The molecule has 4 rings (SSSR count). The van der Waals surface area contributed by atoms with E-state index in [0.717, 1.165) is 24.9 Å². The Balaban J connectivity index is 1.36. The highest BCUT2D eigenvalue weighted by Crippen LogP contribution is 2.45. The van der Waals surface area contributed by atoms with Gasteiger partial charge in [-0.2, -0.15) is 0 Å². The first kappa shape index (κ1) is 19.4. The van der Waals surface area contributed by atoms with Crippen molar-refractivity contribution in [3.05, 3.63) is 29.8 Å². The third-order valence-corrected chi connectivity index (χ3v) is 6.07. The van der Waals surface area contributed by atoms with Crippen LogP contribution in [0.3, 0.4) is 0 Å². The number of nitrogens with one attached hydrogen (secondary N) is 3. The Morgan fingerprint density at radius 2 is 1.82 bits per heavy atom. The smallest absolute Gasteiger partial charge is 0.406 e. The van der Waals surface area contributed by atoms with Crippen molar-refractivity contribution < 1.29 is 27.1 Å². The zero-order valence-electron chi connectivity index (χ0n) is 15.1. The number of hydrogen-bond donors (Lipinski definition) is 3. The highest BCUT2D eigenvalue weighted by atomic mass is 19.4. The molecule has 154 valence electrons. The largest absolute Gasteiger partial charge is 0.573 e. The molecule has 1 aromatic carbocycles. The quantitative estimate of drug-likeness (QED) is 0.679. The number of halogens is 4. The second-order valence-corrected chi connectivity index (χ2v) is 7.82. The van der Waals surface area contributed by atoms with Gasteiger partial charge >= 0.3 is 6.36 Å². The van der Waals surface area contributed by atoms with Crippen LogP contribution in [0.5, 0.6) is 5.75 Å². The van der Waals surface area contributed by atoms with Crippen LogP contribution < -0.4 is 20.7 Å². The molecule has 2 saturated heterocycles. The summed E-state index contributed by atoms with van der Waals surface area (Å²) in [6.45, 7) is 0.942. The Hall–Kier alpha value is -1.87. The van der Waals surface area contributed by atoms with Crippen molar-refractivity contribution in [2.75, 3.05) is 13.1 Å². The number of carbonyl (C=O) groups excluding carboxylic acids is 1. The summed E-state index contributed by atoms with van der Waals surface area (Å²) < 4.78 is 54.1. The zero-order valence-corrected chi connectivity index (χ0v) is 15.1. The molecule has 3 aliphatic rings. The molecule has 1 unspecified atom stereocenters.